The first-order valence-electron chi connectivity index (χ1n) is 8.03. The third-order valence-electron chi connectivity index (χ3n) is 3.18. The van der Waals surface area contributed by atoms with Crippen LogP contribution in [0, 0.1) is 0 Å². The van der Waals surface area contributed by atoms with E-state index in [0.717, 1.165) is 17.8 Å². The number of carbonyl (C=O) groups is 1. The topological polar surface area (TPSA) is 84.1 Å². The van der Waals surface area contributed by atoms with Crippen LogP contribution in [0.5, 0.6) is 0 Å². The Balaban J connectivity index is 2.15. The van der Waals surface area contributed by atoms with Crippen molar-refractivity contribution in [1.29, 1.82) is 0 Å². The molecule has 0 aliphatic heterocycles. The molecule has 0 aliphatic rings. The number of thioether (sulfide) groups is 1. The van der Waals surface area contributed by atoms with Crippen molar-refractivity contribution in [3.8, 4) is 0 Å². The predicted molar refractivity (Wildman–Crippen MR) is 97.2 cm³/mol. The van der Waals surface area contributed by atoms with Gasteiger partial charge in [-0.2, -0.15) is 18.3 Å². The van der Waals surface area contributed by atoms with E-state index in [1.165, 1.54) is 6.07 Å². The van der Waals surface area contributed by atoms with Crippen LogP contribution in [-0.4, -0.2) is 28.4 Å². The number of benzene rings is 1. The minimum absolute atomic E-state index is 0.0735. The Bertz CT molecular complexity index is 854. The number of ether oxygens (including phenoxy) is 1. The number of aliphatic hydroxyl groups excluding tert-OH is 1. The van der Waals surface area contributed by atoms with Gasteiger partial charge in [-0.3, -0.25) is 0 Å². The summed E-state index contributed by atoms with van der Waals surface area (Å²) in [6, 6.07) is 10.6. The molecule has 1 heterocycles. The lowest BCUT2D eigenvalue weighted by molar-refractivity contribution is -0.139. The lowest BCUT2D eigenvalue weighted by Gasteiger charge is -2.07. The highest BCUT2D eigenvalue weighted by molar-refractivity contribution is 7.99. The first kappa shape index (κ1) is 21.4. The molecule has 0 radical (unpaired) electrons. The van der Waals surface area contributed by atoms with Gasteiger partial charge >= 0.3 is 12.1 Å². The summed E-state index contributed by atoms with van der Waals surface area (Å²) < 4.78 is 42.5. The molecule has 0 bridgehead atoms. The number of aromatic nitrogens is 1. The fourth-order valence-electron chi connectivity index (χ4n) is 1.86. The van der Waals surface area contributed by atoms with Crippen LogP contribution < -0.4 is 0 Å². The lowest BCUT2D eigenvalue weighted by Crippen LogP contribution is -2.09. The Morgan fingerprint density at radius 3 is 2.50 bits per heavy atom. The predicted octanol–water partition coefficient (Wildman–Crippen LogP) is 5.31. The molecule has 0 saturated carbocycles. The maximum absolute atomic E-state index is 12.6. The van der Waals surface area contributed by atoms with Gasteiger partial charge in [0.1, 0.15) is 5.76 Å². The van der Waals surface area contributed by atoms with Gasteiger partial charge in [0, 0.05) is 6.20 Å². The quantitative estimate of drug-likeness (QED) is 0.219. The molecule has 6 nitrogen and oxygen atoms in total. The molecule has 10 heteroatoms. The van der Waals surface area contributed by atoms with Crippen LogP contribution in [0.3, 0.4) is 0 Å². The van der Waals surface area contributed by atoms with Crippen molar-refractivity contribution in [3.05, 3.63) is 65.7 Å². The number of aliphatic hydroxyl groups is 1. The molecule has 2 rings (SSSR count). The molecule has 1 N–H and O–H groups in total. The number of esters is 1. The van der Waals surface area contributed by atoms with Crippen molar-refractivity contribution in [2.24, 2.45) is 10.2 Å². The minimum atomic E-state index is -4.48. The van der Waals surface area contributed by atoms with Gasteiger partial charge in [-0.05, 0) is 31.2 Å². The van der Waals surface area contributed by atoms with E-state index < -0.39 is 23.5 Å². The summed E-state index contributed by atoms with van der Waals surface area (Å²) in [4.78, 5) is 15.7. The minimum Gasteiger partial charge on any atom is -0.509 e. The Hall–Kier alpha value is -2.88. The Kier molecular flexibility index (Phi) is 7.56. The third kappa shape index (κ3) is 6.38. The molecule has 0 fully saturated rings. The number of azo groups is 1. The van der Waals surface area contributed by atoms with Crippen molar-refractivity contribution < 1.29 is 27.8 Å². The Labute approximate surface area is 163 Å². The van der Waals surface area contributed by atoms with Crippen LogP contribution in [0.1, 0.15) is 12.5 Å². The second-order valence-corrected chi connectivity index (χ2v) is 6.22. The van der Waals surface area contributed by atoms with Gasteiger partial charge in [0.25, 0.3) is 0 Å². The molecule has 28 heavy (non-hydrogen) atoms. The van der Waals surface area contributed by atoms with Gasteiger partial charge in [0.05, 0.1) is 28.6 Å². The maximum atomic E-state index is 12.6. The van der Waals surface area contributed by atoms with Crippen molar-refractivity contribution >= 4 is 23.4 Å². The second kappa shape index (κ2) is 9.88. The number of rotatable bonds is 7. The molecular weight excluding hydrogens is 395 g/mol. The fraction of sp³-hybridized carbons (Fsp3) is 0.222. The van der Waals surface area contributed by atoms with Crippen molar-refractivity contribution in [2.75, 3.05) is 12.4 Å². The summed E-state index contributed by atoms with van der Waals surface area (Å²) in [7, 11) is 0. The number of pyridine rings is 1. The van der Waals surface area contributed by atoms with E-state index in [1.807, 2.05) is 0 Å². The summed E-state index contributed by atoms with van der Waals surface area (Å²) in [6.07, 6.45) is -3.78. The van der Waals surface area contributed by atoms with E-state index in [2.05, 4.69) is 15.2 Å². The molecule has 2 aromatic rings. The smallest absolute Gasteiger partial charge is 0.417 e. The highest BCUT2D eigenvalue weighted by Crippen LogP contribution is 2.30. The van der Waals surface area contributed by atoms with E-state index in [0.29, 0.717) is 11.9 Å². The fourth-order valence-corrected chi connectivity index (χ4v) is 2.58. The molecule has 0 amide bonds. The molecule has 0 spiro atoms. The summed E-state index contributed by atoms with van der Waals surface area (Å²) >= 11 is 0.938. The zero-order valence-corrected chi connectivity index (χ0v) is 15.5. The van der Waals surface area contributed by atoms with Crippen LogP contribution in [0.4, 0.5) is 18.9 Å². The summed E-state index contributed by atoms with van der Waals surface area (Å²) in [5.74, 6) is -1.44. The number of hydrogen-bond acceptors (Lipinski definition) is 7. The van der Waals surface area contributed by atoms with Gasteiger partial charge in [0.15, 0.2) is 0 Å². The Morgan fingerprint density at radius 2 is 1.93 bits per heavy atom. The van der Waals surface area contributed by atoms with E-state index in [9.17, 15) is 23.1 Å². The standard InChI is InChI=1S/C18H16F3N3O3S/c1-2-27-17(26)16(24-23-13-6-4-3-5-7-13)14(25)11-28-15-9-8-12(10-22-15)18(19,20)21/h3-10,25H,2,11H2,1H3. The normalized spacial score (nSPS) is 12.7. The first-order valence-corrected chi connectivity index (χ1v) is 9.02. The largest absolute Gasteiger partial charge is 0.509 e. The first-order chi connectivity index (χ1) is 13.3. The molecular formula is C18H16F3N3O3S. The van der Waals surface area contributed by atoms with E-state index >= 15 is 0 Å². The van der Waals surface area contributed by atoms with Crippen molar-refractivity contribution in [1.82, 2.24) is 4.98 Å². The SMILES string of the molecule is CCOC(=O)C(N=Nc1ccccc1)=C(O)CSc1ccc(C(F)(F)F)cn1. The van der Waals surface area contributed by atoms with Gasteiger partial charge in [-0.1, -0.05) is 30.0 Å². The summed E-state index contributed by atoms with van der Waals surface area (Å²) in [5.41, 5.74) is -0.792. The molecule has 1 aromatic carbocycles. The van der Waals surface area contributed by atoms with Gasteiger partial charge in [0.2, 0.25) is 5.70 Å². The van der Waals surface area contributed by atoms with Crippen molar-refractivity contribution in [3.63, 3.8) is 0 Å². The monoisotopic (exact) mass is 411 g/mol. The second-order valence-electron chi connectivity index (χ2n) is 5.22. The Morgan fingerprint density at radius 1 is 1.21 bits per heavy atom. The maximum Gasteiger partial charge on any atom is 0.417 e. The van der Waals surface area contributed by atoms with Gasteiger partial charge in [-0.25, -0.2) is 9.78 Å². The van der Waals surface area contributed by atoms with Crippen LogP contribution in [0.2, 0.25) is 0 Å². The number of halogens is 3. The number of carbonyl (C=O) groups excluding carboxylic acids is 1. The summed E-state index contributed by atoms with van der Waals surface area (Å²) in [5, 5.41) is 18.1. The van der Waals surface area contributed by atoms with E-state index in [4.69, 9.17) is 4.74 Å². The zero-order valence-electron chi connectivity index (χ0n) is 14.7. The molecule has 148 valence electrons. The number of alkyl halides is 3. The average Bonchev–Trinajstić information content (AvgIpc) is 2.67. The molecule has 0 aliphatic carbocycles. The number of hydrogen-bond donors (Lipinski definition) is 1. The van der Waals surface area contributed by atoms with Gasteiger partial charge < -0.3 is 9.84 Å². The molecule has 0 atom stereocenters. The van der Waals surface area contributed by atoms with Crippen LogP contribution in [-0.2, 0) is 15.7 Å². The van der Waals surface area contributed by atoms with Crippen LogP contribution in [0.15, 0.2) is 75.4 Å². The van der Waals surface area contributed by atoms with E-state index in [-0.39, 0.29) is 23.1 Å². The van der Waals surface area contributed by atoms with Crippen molar-refractivity contribution in [2.45, 2.75) is 18.1 Å². The van der Waals surface area contributed by atoms with Crippen LogP contribution in [0.25, 0.3) is 0 Å². The van der Waals surface area contributed by atoms with Crippen LogP contribution >= 0.6 is 11.8 Å². The summed E-state index contributed by atoms with van der Waals surface area (Å²) in [6.45, 7) is 1.67. The highest BCUT2D eigenvalue weighted by Gasteiger charge is 2.30. The van der Waals surface area contributed by atoms with E-state index in [1.54, 1.807) is 37.3 Å². The third-order valence-corrected chi connectivity index (χ3v) is 4.14. The zero-order chi connectivity index (χ0) is 20.6. The average molecular weight is 411 g/mol. The highest BCUT2D eigenvalue weighted by atomic mass is 32.2. The molecule has 0 unspecified atom stereocenters. The van der Waals surface area contributed by atoms with Gasteiger partial charge in [-0.15, -0.1) is 5.11 Å². The number of nitrogens with zero attached hydrogens (tertiary/aromatic N) is 3. The lowest BCUT2D eigenvalue weighted by atomic mass is 10.3. The molecule has 1 aromatic heterocycles. The molecule has 0 saturated heterocycles.